The van der Waals surface area contributed by atoms with Gasteiger partial charge in [-0.2, -0.15) is 0 Å². The van der Waals surface area contributed by atoms with E-state index < -0.39 is 17.5 Å². The summed E-state index contributed by atoms with van der Waals surface area (Å²) < 4.78 is 23.3. The summed E-state index contributed by atoms with van der Waals surface area (Å²) in [6.07, 6.45) is 6.18. The molecule has 4 rings (SSSR count). The van der Waals surface area contributed by atoms with E-state index in [-0.39, 0.29) is 5.56 Å². The third-order valence-corrected chi connectivity index (χ3v) is 5.98. The molecule has 1 aliphatic heterocycles. The van der Waals surface area contributed by atoms with E-state index >= 15 is 0 Å². The van der Waals surface area contributed by atoms with Crippen molar-refractivity contribution in [3.63, 3.8) is 0 Å². The molecule has 1 saturated heterocycles. The molecule has 0 spiro atoms. The molecule has 0 atom stereocenters. The van der Waals surface area contributed by atoms with E-state index in [2.05, 4.69) is 22.0 Å². The lowest BCUT2D eigenvalue weighted by Gasteiger charge is -2.14. The lowest BCUT2D eigenvalue weighted by molar-refractivity contribution is -0.114. The van der Waals surface area contributed by atoms with Crippen LogP contribution in [0.15, 0.2) is 60.8 Å². The lowest BCUT2D eigenvalue weighted by atomic mass is 10.1. The van der Waals surface area contributed by atoms with Crippen LogP contribution in [0, 0.1) is 5.82 Å². The van der Waals surface area contributed by atoms with Crippen molar-refractivity contribution in [1.29, 1.82) is 0 Å². The average molecular weight is 524 g/mol. The van der Waals surface area contributed by atoms with Crippen molar-refractivity contribution in [2.45, 2.75) is 39.5 Å². The molecular weight excluding hydrogens is 485 g/mol. The number of aryl methyl sites for hydroxylation is 1. The van der Waals surface area contributed by atoms with Crippen molar-refractivity contribution >= 4 is 11.7 Å². The Bertz CT molecular complexity index is 1150. The summed E-state index contributed by atoms with van der Waals surface area (Å²) in [5, 5.41) is 0. The number of benzene rings is 2. The highest BCUT2D eigenvalue weighted by Gasteiger charge is 2.12. The summed E-state index contributed by atoms with van der Waals surface area (Å²) in [4.78, 5) is 28.5. The van der Waals surface area contributed by atoms with Crippen molar-refractivity contribution in [1.82, 2.24) is 9.88 Å². The summed E-state index contributed by atoms with van der Waals surface area (Å²) in [5.41, 5.74) is 7.73. The number of hydrogen-bond acceptors (Lipinski definition) is 6. The predicted octanol–water partition coefficient (Wildman–Crippen LogP) is 5.31. The van der Waals surface area contributed by atoms with Crippen LogP contribution in [-0.2, 0) is 11.2 Å². The third kappa shape index (κ3) is 9.27. The number of ether oxygens (including phenoxy) is 2. The normalized spacial score (nSPS) is 12.4. The molecule has 0 bridgehead atoms. The summed E-state index contributed by atoms with van der Waals surface area (Å²) in [6.45, 7) is 7.78. The molecule has 204 valence electrons. The largest absolute Gasteiger partial charge is 0.493 e. The van der Waals surface area contributed by atoms with Crippen LogP contribution in [0.5, 0.6) is 11.5 Å². The second-order valence-corrected chi connectivity index (χ2v) is 8.47. The molecule has 7 nitrogen and oxygen atoms in total. The first-order chi connectivity index (χ1) is 18.4. The first kappa shape index (κ1) is 30.4. The van der Waals surface area contributed by atoms with Crippen LogP contribution in [-0.4, -0.2) is 55.4 Å². The lowest BCUT2D eigenvalue weighted by Crippen LogP contribution is -2.22. The van der Waals surface area contributed by atoms with Gasteiger partial charge in [-0.15, -0.1) is 0 Å². The number of amides is 1. The topological polar surface area (TPSA) is 94.7 Å². The number of methoxy groups -OCH3 is 2. The fourth-order valence-corrected chi connectivity index (χ4v) is 4.03. The molecule has 0 radical (unpaired) electrons. The van der Waals surface area contributed by atoms with Crippen LogP contribution in [0.1, 0.15) is 49.0 Å². The first-order valence-electron chi connectivity index (χ1n) is 12.9. The van der Waals surface area contributed by atoms with Gasteiger partial charge in [0, 0.05) is 11.1 Å². The monoisotopic (exact) mass is 523 g/mol. The predicted molar refractivity (Wildman–Crippen MR) is 148 cm³/mol. The number of hydrogen-bond donors (Lipinski definition) is 1. The Morgan fingerprint density at radius 2 is 1.61 bits per heavy atom. The van der Waals surface area contributed by atoms with E-state index in [4.69, 9.17) is 15.2 Å². The molecule has 0 aliphatic carbocycles. The molecule has 2 heterocycles. The standard InChI is InChI=1S/C15H23NO2.C13H9FN2O2.C2H6/c1-17-14-8-7-13(12-15(14)18-2)6-5-11-16-9-3-4-10-16;14-10-5-6-11(16-7-10)8-1-3-9(4-2-8)12(17)13(15)18;1-2/h7-8,12H,3-6,9-11H2,1-2H3;1-7H,(H2,15,18);1-2H3. The van der Waals surface area contributed by atoms with Gasteiger partial charge in [-0.1, -0.05) is 44.2 Å². The smallest absolute Gasteiger partial charge is 0.289 e. The molecule has 1 fully saturated rings. The fourth-order valence-electron chi connectivity index (χ4n) is 4.03. The number of likely N-dealkylation sites (tertiary alicyclic amines) is 1. The highest BCUT2D eigenvalue weighted by atomic mass is 19.1. The van der Waals surface area contributed by atoms with E-state index in [0.717, 1.165) is 29.7 Å². The van der Waals surface area contributed by atoms with Crippen LogP contribution in [0.25, 0.3) is 11.3 Å². The fraction of sp³-hybridized carbons (Fsp3) is 0.367. The van der Waals surface area contributed by atoms with Gasteiger partial charge in [0.25, 0.3) is 5.91 Å². The number of nitrogens with two attached hydrogens (primary N) is 1. The minimum atomic E-state index is -0.998. The molecule has 38 heavy (non-hydrogen) atoms. The summed E-state index contributed by atoms with van der Waals surface area (Å²) >= 11 is 0. The zero-order valence-corrected chi connectivity index (χ0v) is 22.7. The number of rotatable bonds is 9. The van der Waals surface area contributed by atoms with Gasteiger partial charge in [0.1, 0.15) is 5.82 Å². The Labute approximate surface area is 224 Å². The Balaban J connectivity index is 0.000000251. The van der Waals surface area contributed by atoms with E-state index in [1.807, 2.05) is 19.9 Å². The van der Waals surface area contributed by atoms with Gasteiger partial charge in [0.15, 0.2) is 11.5 Å². The van der Waals surface area contributed by atoms with Gasteiger partial charge < -0.3 is 20.1 Å². The quantitative estimate of drug-likeness (QED) is 0.302. The Morgan fingerprint density at radius 1 is 0.947 bits per heavy atom. The number of primary amides is 1. The van der Waals surface area contributed by atoms with Crippen LogP contribution in [0.3, 0.4) is 0 Å². The number of nitrogens with zero attached hydrogens (tertiary/aromatic N) is 2. The molecule has 3 aromatic rings. The van der Waals surface area contributed by atoms with Gasteiger partial charge in [-0.05, 0) is 75.1 Å². The number of aromatic nitrogens is 1. The average Bonchev–Trinajstić information content (AvgIpc) is 3.48. The van der Waals surface area contributed by atoms with Crippen LogP contribution < -0.4 is 15.2 Å². The molecule has 1 aliphatic rings. The minimum absolute atomic E-state index is 0.216. The van der Waals surface area contributed by atoms with E-state index in [0.29, 0.717) is 5.69 Å². The maximum absolute atomic E-state index is 12.7. The van der Waals surface area contributed by atoms with Crippen molar-refractivity contribution < 1.29 is 23.5 Å². The number of Topliss-reactive ketones (excluding diaryl/α,β-unsaturated/α-hetero) is 1. The maximum atomic E-state index is 12.7. The summed E-state index contributed by atoms with van der Waals surface area (Å²) in [5.74, 6) is -0.521. The number of pyridine rings is 1. The van der Waals surface area contributed by atoms with Crippen LogP contribution in [0.2, 0.25) is 0 Å². The molecule has 0 unspecified atom stereocenters. The van der Waals surface area contributed by atoms with Gasteiger partial charge in [-0.3, -0.25) is 14.6 Å². The van der Waals surface area contributed by atoms with Crippen molar-refractivity contribution in [3.8, 4) is 22.8 Å². The van der Waals surface area contributed by atoms with Gasteiger partial charge >= 0.3 is 0 Å². The van der Waals surface area contributed by atoms with E-state index in [1.54, 1.807) is 26.4 Å². The van der Waals surface area contributed by atoms with Crippen molar-refractivity contribution in [2.24, 2.45) is 5.73 Å². The number of ketones is 1. The van der Waals surface area contributed by atoms with Crippen LogP contribution >= 0.6 is 0 Å². The molecule has 2 N–H and O–H groups in total. The molecule has 2 aromatic carbocycles. The number of carbonyl (C=O) groups is 2. The van der Waals surface area contributed by atoms with Gasteiger partial charge in [0.2, 0.25) is 5.78 Å². The molecule has 0 saturated carbocycles. The van der Waals surface area contributed by atoms with Crippen LogP contribution in [0.4, 0.5) is 4.39 Å². The maximum Gasteiger partial charge on any atom is 0.289 e. The number of halogens is 1. The highest BCUT2D eigenvalue weighted by Crippen LogP contribution is 2.28. The Kier molecular flexibility index (Phi) is 12.9. The van der Waals surface area contributed by atoms with Gasteiger partial charge in [-0.25, -0.2) is 4.39 Å². The number of carbonyl (C=O) groups excluding carboxylic acids is 2. The second-order valence-electron chi connectivity index (χ2n) is 8.47. The Morgan fingerprint density at radius 3 is 2.16 bits per heavy atom. The zero-order chi connectivity index (χ0) is 27.9. The Hall–Kier alpha value is -3.78. The molecular formula is C30H38FN3O4. The van der Waals surface area contributed by atoms with E-state index in [1.165, 1.54) is 68.7 Å². The second kappa shape index (κ2) is 16.1. The zero-order valence-electron chi connectivity index (χ0n) is 22.7. The van der Waals surface area contributed by atoms with Crippen molar-refractivity contribution in [3.05, 3.63) is 77.7 Å². The molecule has 1 amide bonds. The molecule has 1 aromatic heterocycles. The van der Waals surface area contributed by atoms with E-state index in [9.17, 15) is 14.0 Å². The SMILES string of the molecule is CC.COc1ccc(CCCN2CCCC2)cc1OC.NC(=O)C(=O)c1ccc(-c2ccc(F)cn2)cc1. The minimum Gasteiger partial charge on any atom is -0.493 e. The first-order valence-corrected chi connectivity index (χ1v) is 12.9. The highest BCUT2D eigenvalue weighted by molar-refractivity contribution is 6.42. The molecule has 8 heteroatoms. The van der Waals surface area contributed by atoms with Gasteiger partial charge in [0.05, 0.1) is 26.1 Å². The summed E-state index contributed by atoms with van der Waals surface area (Å²) in [6, 6.07) is 15.2. The summed E-state index contributed by atoms with van der Waals surface area (Å²) in [7, 11) is 3.36. The third-order valence-electron chi connectivity index (χ3n) is 5.98. The van der Waals surface area contributed by atoms with Crippen molar-refractivity contribution in [2.75, 3.05) is 33.9 Å².